The van der Waals surface area contributed by atoms with Gasteiger partial charge in [-0.15, -0.1) is 0 Å². The molecule has 1 aromatic heterocycles. The lowest BCUT2D eigenvalue weighted by atomic mass is 10.1. The van der Waals surface area contributed by atoms with Crippen LogP contribution in [-0.2, 0) is 4.79 Å². The molecule has 0 aliphatic rings. The summed E-state index contributed by atoms with van der Waals surface area (Å²) in [5.41, 5.74) is 6.21. The van der Waals surface area contributed by atoms with E-state index in [4.69, 9.17) is 27.9 Å². The molecule has 0 spiro atoms. The van der Waals surface area contributed by atoms with E-state index in [1.807, 2.05) is 0 Å². The summed E-state index contributed by atoms with van der Waals surface area (Å²) in [5.74, 6) is 5.49. The Morgan fingerprint density at radius 2 is 2.18 bits per heavy atom. The summed E-state index contributed by atoms with van der Waals surface area (Å²) in [4.78, 5) is 25.1. The zero-order valence-corrected chi connectivity index (χ0v) is 12.5. The standard InChI is InChI=1S/C14H15ClN4O3/c1-8(15)22-10-4-2-3-9(5-10)12-6-11(13(16)21)14(18-12)19(17)7-20/h2-8,18H,17H2,1H3,(H2,16,21). The van der Waals surface area contributed by atoms with E-state index in [-0.39, 0.29) is 11.4 Å². The number of nitrogens with two attached hydrogens (primary N) is 2. The van der Waals surface area contributed by atoms with Crippen LogP contribution in [-0.4, -0.2) is 22.9 Å². The van der Waals surface area contributed by atoms with Gasteiger partial charge in [0.05, 0.1) is 5.56 Å². The van der Waals surface area contributed by atoms with Crippen molar-refractivity contribution < 1.29 is 14.3 Å². The smallest absolute Gasteiger partial charge is 0.252 e. The Morgan fingerprint density at radius 1 is 1.45 bits per heavy atom. The average Bonchev–Trinajstić information content (AvgIpc) is 2.91. The second-order valence-electron chi connectivity index (χ2n) is 4.51. The lowest BCUT2D eigenvalue weighted by Gasteiger charge is -2.10. The monoisotopic (exact) mass is 322 g/mol. The van der Waals surface area contributed by atoms with Crippen molar-refractivity contribution in [2.75, 3.05) is 5.01 Å². The maximum Gasteiger partial charge on any atom is 0.252 e. The molecule has 22 heavy (non-hydrogen) atoms. The number of hydrogen-bond donors (Lipinski definition) is 3. The van der Waals surface area contributed by atoms with Crippen LogP contribution in [0.25, 0.3) is 11.3 Å². The molecular formula is C14H15ClN4O3. The van der Waals surface area contributed by atoms with Crippen molar-refractivity contribution >= 4 is 29.7 Å². The first-order valence-corrected chi connectivity index (χ1v) is 6.79. The number of ether oxygens (including phenoxy) is 1. The molecule has 8 heteroatoms. The summed E-state index contributed by atoms with van der Waals surface area (Å²) in [6.07, 6.45) is 0.372. The van der Waals surface area contributed by atoms with Gasteiger partial charge in [-0.3, -0.25) is 9.59 Å². The van der Waals surface area contributed by atoms with Gasteiger partial charge in [-0.05, 0) is 25.1 Å². The Labute approximate surface area is 131 Å². The molecular weight excluding hydrogens is 308 g/mol. The Bertz CT molecular complexity index is 699. The summed E-state index contributed by atoms with van der Waals surface area (Å²) >= 11 is 5.79. The fraction of sp³-hybridized carbons (Fsp3) is 0.143. The first-order chi connectivity index (χ1) is 10.4. The lowest BCUT2D eigenvalue weighted by molar-refractivity contribution is -0.107. The summed E-state index contributed by atoms with van der Waals surface area (Å²) < 4.78 is 5.40. The first-order valence-electron chi connectivity index (χ1n) is 6.35. The van der Waals surface area contributed by atoms with E-state index in [0.717, 1.165) is 10.6 Å². The van der Waals surface area contributed by atoms with Gasteiger partial charge in [0.2, 0.25) is 6.41 Å². The van der Waals surface area contributed by atoms with Gasteiger partial charge in [-0.25, -0.2) is 10.9 Å². The minimum Gasteiger partial charge on any atom is -0.475 e. The van der Waals surface area contributed by atoms with Crippen LogP contribution in [0.1, 0.15) is 17.3 Å². The molecule has 0 fully saturated rings. The molecule has 0 saturated heterocycles. The number of benzene rings is 1. The molecule has 0 radical (unpaired) electrons. The zero-order valence-electron chi connectivity index (χ0n) is 11.7. The van der Waals surface area contributed by atoms with Crippen LogP contribution in [0.3, 0.4) is 0 Å². The van der Waals surface area contributed by atoms with Gasteiger partial charge >= 0.3 is 0 Å². The minimum absolute atomic E-state index is 0.113. The fourth-order valence-corrected chi connectivity index (χ4v) is 2.07. The van der Waals surface area contributed by atoms with E-state index >= 15 is 0 Å². The number of H-pyrrole nitrogens is 1. The van der Waals surface area contributed by atoms with Gasteiger partial charge in [-0.2, -0.15) is 0 Å². The van der Waals surface area contributed by atoms with E-state index in [9.17, 15) is 9.59 Å². The van der Waals surface area contributed by atoms with Crippen LogP contribution in [0.4, 0.5) is 5.82 Å². The molecule has 7 nitrogen and oxygen atoms in total. The second kappa shape index (κ2) is 6.50. The molecule has 0 aliphatic heterocycles. The number of rotatable bonds is 6. The third kappa shape index (κ3) is 3.38. The number of hydrazine groups is 1. The number of alkyl halides is 1. The highest BCUT2D eigenvalue weighted by Gasteiger charge is 2.17. The van der Waals surface area contributed by atoms with Crippen LogP contribution in [0.5, 0.6) is 5.75 Å². The molecule has 2 aromatic rings. The maximum atomic E-state index is 11.5. The molecule has 1 atom stereocenters. The third-order valence-electron chi connectivity index (χ3n) is 2.88. The van der Waals surface area contributed by atoms with Gasteiger partial charge in [0.15, 0.2) is 5.56 Å². The van der Waals surface area contributed by atoms with E-state index < -0.39 is 11.5 Å². The largest absolute Gasteiger partial charge is 0.475 e. The van der Waals surface area contributed by atoms with E-state index in [1.165, 1.54) is 6.07 Å². The SMILES string of the molecule is CC(Cl)Oc1cccc(-c2cc(C(N)=O)c(N(N)C=O)[nH]2)c1. The average molecular weight is 323 g/mol. The number of carbonyl (C=O) groups excluding carboxylic acids is 2. The van der Waals surface area contributed by atoms with Crippen molar-refractivity contribution in [2.45, 2.75) is 12.5 Å². The Balaban J connectivity index is 2.44. The van der Waals surface area contributed by atoms with Crippen LogP contribution in [0.15, 0.2) is 30.3 Å². The highest BCUT2D eigenvalue weighted by molar-refractivity contribution is 6.19. The van der Waals surface area contributed by atoms with E-state index in [2.05, 4.69) is 4.98 Å². The molecule has 0 bridgehead atoms. The Hall–Kier alpha value is -2.51. The molecule has 1 aromatic carbocycles. The molecule has 2 rings (SSSR count). The number of aromatic amines is 1. The number of hydrogen-bond acceptors (Lipinski definition) is 4. The topological polar surface area (TPSA) is 114 Å². The van der Waals surface area contributed by atoms with Crippen molar-refractivity contribution in [1.82, 2.24) is 4.98 Å². The predicted molar refractivity (Wildman–Crippen MR) is 83.4 cm³/mol. The fourth-order valence-electron chi connectivity index (χ4n) is 1.97. The van der Waals surface area contributed by atoms with E-state index in [1.54, 1.807) is 31.2 Å². The third-order valence-corrected chi connectivity index (χ3v) is 2.97. The van der Waals surface area contributed by atoms with Crippen LogP contribution < -0.4 is 21.3 Å². The summed E-state index contributed by atoms with van der Waals surface area (Å²) in [7, 11) is 0. The van der Waals surface area contributed by atoms with Crippen molar-refractivity contribution in [3.8, 4) is 17.0 Å². The number of amides is 2. The number of aromatic nitrogens is 1. The molecule has 0 saturated carbocycles. The summed E-state index contributed by atoms with van der Waals surface area (Å²) in [6, 6.07) is 8.58. The summed E-state index contributed by atoms with van der Waals surface area (Å²) in [5, 5.41) is 0.755. The molecule has 1 heterocycles. The van der Waals surface area contributed by atoms with Crippen LogP contribution in [0, 0.1) is 0 Å². The van der Waals surface area contributed by atoms with Crippen molar-refractivity contribution in [1.29, 1.82) is 0 Å². The van der Waals surface area contributed by atoms with Gasteiger partial charge in [0.25, 0.3) is 5.91 Å². The van der Waals surface area contributed by atoms with Gasteiger partial charge in [-0.1, -0.05) is 23.7 Å². The Morgan fingerprint density at radius 3 is 2.77 bits per heavy atom. The first kappa shape index (κ1) is 15.9. The summed E-state index contributed by atoms with van der Waals surface area (Å²) in [6.45, 7) is 1.70. The van der Waals surface area contributed by atoms with Crippen molar-refractivity contribution in [3.63, 3.8) is 0 Å². The van der Waals surface area contributed by atoms with Gasteiger partial charge < -0.3 is 15.5 Å². The van der Waals surface area contributed by atoms with Gasteiger partial charge in [0, 0.05) is 11.3 Å². The van der Waals surface area contributed by atoms with Crippen molar-refractivity contribution in [2.24, 2.45) is 11.6 Å². The minimum atomic E-state index is -0.698. The normalized spacial score (nSPS) is 11.8. The van der Waals surface area contributed by atoms with E-state index in [0.29, 0.717) is 17.9 Å². The molecule has 5 N–H and O–H groups in total. The molecule has 116 valence electrons. The van der Waals surface area contributed by atoms with Crippen LogP contribution in [0.2, 0.25) is 0 Å². The quantitative estimate of drug-likeness (QED) is 0.246. The number of primary amides is 1. The number of nitrogens with zero attached hydrogens (tertiary/aromatic N) is 1. The second-order valence-corrected chi connectivity index (χ2v) is 5.13. The zero-order chi connectivity index (χ0) is 16.3. The predicted octanol–water partition coefficient (Wildman–Crippen LogP) is 1.58. The number of halogens is 1. The Kier molecular flexibility index (Phi) is 4.69. The number of nitrogens with one attached hydrogen (secondary N) is 1. The van der Waals surface area contributed by atoms with Gasteiger partial charge in [0.1, 0.15) is 11.6 Å². The molecule has 1 unspecified atom stereocenters. The maximum absolute atomic E-state index is 11.5. The lowest BCUT2D eigenvalue weighted by Crippen LogP contribution is -2.31. The molecule has 2 amide bonds. The number of anilines is 1. The van der Waals surface area contributed by atoms with Crippen molar-refractivity contribution in [3.05, 3.63) is 35.9 Å². The number of carbonyl (C=O) groups is 2. The highest BCUT2D eigenvalue weighted by Crippen LogP contribution is 2.28. The highest BCUT2D eigenvalue weighted by atomic mass is 35.5. The molecule has 0 aliphatic carbocycles. The van der Waals surface area contributed by atoms with Crippen LogP contribution >= 0.6 is 11.6 Å².